The summed E-state index contributed by atoms with van der Waals surface area (Å²) in [5.41, 5.74) is 4.42. The molecule has 12 rings (SSSR count). The second-order valence-corrected chi connectivity index (χ2v) is 35.0. The van der Waals surface area contributed by atoms with Gasteiger partial charge in [0.15, 0.2) is 0 Å². The van der Waals surface area contributed by atoms with Gasteiger partial charge in [-0.1, -0.05) is 334 Å². The lowest BCUT2D eigenvalue weighted by atomic mass is 9.85. The molecule has 11 aromatic carbocycles. The predicted octanol–water partition coefficient (Wildman–Crippen LogP) is 21.3. The first-order valence-electron chi connectivity index (χ1n) is 35.9. The van der Waals surface area contributed by atoms with Crippen molar-refractivity contribution in [1.29, 1.82) is 0 Å². The zero-order valence-corrected chi connectivity index (χ0v) is 66.4. The first-order chi connectivity index (χ1) is 54.9. The lowest BCUT2D eigenvalue weighted by Crippen LogP contribution is -2.66. The number of benzene rings is 11. The predicted molar refractivity (Wildman–Crippen MR) is 421 cm³/mol. The molecule has 11 aromatic rings. The standard InChI is InChI=1S/C83H84O24P6/c84-108(85,91-56-67-34-12-1-13-35-67)102-78-79(103-109(86,92-57-68-36-14-2-15-37-68)93-58-69-38-16-3-17-39-69)81(105-111(88,96-61-72-44-22-6-23-45-72)97-62-73-46-24-7-25-47-73)83(107-113(90,100-65-76-52-30-10-31-53-76)101-66-77-54-32-11-33-55-77)82(106-112(89,98-63-74-48-26-8-27-49-74)99-64-75-50-28-9-29-51-75)80(78)104-110(87,94-59-70-40-18-4-19-41-70)95-60-71-42-20-5-21-43-71/h1-55,78-83H,56-66H2,(H,84,85)/t78?,79-,80-,81-,82+,83?/m0/s1. The molecule has 0 heterocycles. The van der Waals surface area contributed by atoms with E-state index in [9.17, 15) is 4.89 Å². The van der Waals surface area contributed by atoms with Crippen LogP contribution in [0.25, 0.3) is 0 Å². The van der Waals surface area contributed by atoms with E-state index in [1.165, 1.54) is 0 Å². The van der Waals surface area contributed by atoms with Gasteiger partial charge in [-0.15, -0.1) is 0 Å². The van der Waals surface area contributed by atoms with E-state index in [4.69, 9.17) is 76.9 Å². The van der Waals surface area contributed by atoms with Crippen molar-refractivity contribution in [3.63, 3.8) is 0 Å². The van der Waals surface area contributed by atoms with Crippen LogP contribution in [0.5, 0.6) is 0 Å². The topological polar surface area (TPSA) is 280 Å². The number of phosphoric acid groups is 6. The number of rotatable bonds is 45. The molecule has 0 amide bonds. The molecule has 1 saturated carbocycles. The second-order valence-electron chi connectivity index (χ2n) is 25.5. The Morgan fingerprint density at radius 3 is 0.398 bits per heavy atom. The van der Waals surface area contributed by atoms with Crippen molar-refractivity contribution in [2.24, 2.45) is 0 Å². The number of hydrogen-bond donors (Lipinski definition) is 1. The summed E-state index contributed by atoms with van der Waals surface area (Å²) in [5.74, 6) is 0. The fraction of sp³-hybridized carbons (Fsp3) is 0.205. The highest BCUT2D eigenvalue weighted by Gasteiger charge is 2.65. The van der Waals surface area contributed by atoms with Gasteiger partial charge >= 0.3 is 46.9 Å². The third kappa shape index (κ3) is 27.1. The molecule has 113 heavy (non-hydrogen) atoms. The largest absolute Gasteiger partial charge is 0.475 e. The van der Waals surface area contributed by atoms with Gasteiger partial charge in [0.2, 0.25) is 0 Å². The summed E-state index contributed by atoms with van der Waals surface area (Å²) < 4.78 is 212. The molecule has 590 valence electrons. The number of hydrogen-bond acceptors (Lipinski definition) is 23. The van der Waals surface area contributed by atoms with Crippen LogP contribution in [0.15, 0.2) is 334 Å². The van der Waals surface area contributed by atoms with Gasteiger partial charge in [-0.25, -0.2) is 27.4 Å². The molecule has 0 radical (unpaired) electrons. The van der Waals surface area contributed by atoms with E-state index in [2.05, 4.69) is 0 Å². The summed E-state index contributed by atoms with van der Waals surface area (Å²) in [5, 5.41) is 0. The van der Waals surface area contributed by atoms with Gasteiger partial charge in [0.1, 0.15) is 36.6 Å². The van der Waals surface area contributed by atoms with Crippen molar-refractivity contribution in [2.75, 3.05) is 0 Å². The van der Waals surface area contributed by atoms with Crippen LogP contribution in [0, 0.1) is 0 Å². The van der Waals surface area contributed by atoms with Crippen molar-refractivity contribution in [3.8, 4) is 0 Å². The quantitative estimate of drug-likeness (QED) is 0.0347. The first-order valence-corrected chi connectivity index (χ1v) is 44.7. The van der Waals surface area contributed by atoms with Crippen molar-refractivity contribution in [1.82, 2.24) is 0 Å². The van der Waals surface area contributed by atoms with Crippen LogP contribution in [-0.4, -0.2) is 41.5 Å². The van der Waals surface area contributed by atoms with Crippen LogP contribution in [0.3, 0.4) is 0 Å². The Labute approximate surface area is 656 Å². The lowest BCUT2D eigenvalue weighted by Gasteiger charge is -2.50. The maximum absolute atomic E-state index is 17.0. The summed E-state index contributed by atoms with van der Waals surface area (Å²) in [7, 11) is -33.9. The third-order valence-electron chi connectivity index (χ3n) is 17.0. The van der Waals surface area contributed by atoms with Crippen LogP contribution in [0.2, 0.25) is 0 Å². The molecule has 0 saturated heterocycles. The zero-order chi connectivity index (χ0) is 78.5. The minimum atomic E-state index is -5.92. The fourth-order valence-corrected chi connectivity index (χ4v) is 18.9. The molecule has 0 aliphatic heterocycles. The first kappa shape index (κ1) is 84.5. The van der Waals surface area contributed by atoms with Crippen LogP contribution in [0.4, 0.5) is 0 Å². The Hall–Kier alpha value is -7.92. The van der Waals surface area contributed by atoms with Crippen molar-refractivity contribution < 1.29 is 109 Å². The molecule has 1 aliphatic rings. The molecule has 1 fully saturated rings. The Balaban J connectivity index is 1.15. The lowest BCUT2D eigenvalue weighted by molar-refractivity contribution is -0.208. The summed E-state index contributed by atoms with van der Waals surface area (Å²) >= 11 is 0. The van der Waals surface area contributed by atoms with E-state index in [-0.39, 0.29) is 0 Å². The molecule has 24 nitrogen and oxygen atoms in total. The molecule has 0 aromatic heterocycles. The van der Waals surface area contributed by atoms with Crippen LogP contribution < -0.4 is 0 Å². The van der Waals surface area contributed by atoms with Crippen LogP contribution in [0.1, 0.15) is 61.2 Å². The van der Waals surface area contributed by atoms with Crippen LogP contribution in [-0.2, 0) is 177 Å². The monoisotopic (exact) mass is 1650 g/mol. The maximum Gasteiger partial charge on any atom is 0.475 e. The molecular formula is C83H84O24P6. The van der Waals surface area contributed by atoms with Gasteiger partial charge in [0.05, 0.1) is 72.7 Å². The molecular weight excluding hydrogens is 1570 g/mol. The molecule has 1 aliphatic carbocycles. The Bertz CT molecular complexity index is 4480. The Morgan fingerprint density at radius 1 is 0.168 bits per heavy atom. The third-order valence-corrected chi connectivity index (χ3v) is 24.9. The summed E-state index contributed by atoms with van der Waals surface area (Å²) in [6, 6.07) is 92.3. The van der Waals surface area contributed by atoms with Gasteiger partial charge < -0.3 is 4.89 Å². The van der Waals surface area contributed by atoms with E-state index >= 15 is 27.4 Å². The molecule has 3 unspecified atom stereocenters. The van der Waals surface area contributed by atoms with E-state index in [0.29, 0.717) is 61.2 Å². The zero-order valence-electron chi connectivity index (χ0n) is 61.0. The molecule has 7 atom stereocenters. The highest BCUT2D eigenvalue weighted by molar-refractivity contribution is 7.50. The molecule has 1 N–H and O–H groups in total. The van der Waals surface area contributed by atoms with Gasteiger partial charge in [-0.05, 0) is 61.2 Å². The summed E-state index contributed by atoms with van der Waals surface area (Å²) in [4.78, 5) is 12.8. The summed E-state index contributed by atoms with van der Waals surface area (Å²) in [6.45, 7) is -6.27. The van der Waals surface area contributed by atoms with Gasteiger partial charge in [0, 0.05) is 0 Å². The van der Waals surface area contributed by atoms with E-state index < -0.39 is 156 Å². The maximum atomic E-state index is 17.0. The summed E-state index contributed by atoms with van der Waals surface area (Å²) in [6.07, 6.45) is -16.2. The average Bonchev–Trinajstić information content (AvgIpc) is 0.733. The fourth-order valence-electron chi connectivity index (χ4n) is 11.3. The van der Waals surface area contributed by atoms with Gasteiger partial charge in [-0.2, -0.15) is 0 Å². The minimum Gasteiger partial charge on any atom is -0.302 e. The van der Waals surface area contributed by atoms with Gasteiger partial charge in [0.25, 0.3) is 0 Å². The minimum absolute atomic E-state index is 0.340. The van der Waals surface area contributed by atoms with Crippen molar-refractivity contribution >= 4 is 46.9 Å². The van der Waals surface area contributed by atoms with Gasteiger partial charge in [-0.3, -0.25) is 76.9 Å². The Kier molecular flexibility index (Phi) is 31.5. The Morgan fingerprint density at radius 2 is 0.274 bits per heavy atom. The van der Waals surface area contributed by atoms with E-state index in [0.717, 1.165) is 0 Å². The normalized spacial score (nSPS) is 17.5. The smallest absolute Gasteiger partial charge is 0.302 e. The van der Waals surface area contributed by atoms with Crippen molar-refractivity contribution in [2.45, 2.75) is 109 Å². The number of phosphoric ester groups is 6. The SMILES string of the molecule is O=P(O)(OCc1ccccc1)OC1[C@H](OP(=O)(OCc2ccccc2)OCc2ccccc2)[C@H](OP(=O)(OCc2ccccc2)OCc2ccccc2)C(OP(=O)(OCc2ccccc2)OCc2ccccc2)[C@H](OP(=O)(OCc2ccccc2)OCc2ccccc2)[C@H]1OP(=O)(OCc1ccccc1)OCc1ccccc1. The highest BCUT2D eigenvalue weighted by atomic mass is 31.2. The van der Waals surface area contributed by atoms with Crippen molar-refractivity contribution in [3.05, 3.63) is 395 Å². The molecule has 0 bridgehead atoms. The molecule has 30 heteroatoms. The molecule has 0 spiro atoms. The van der Waals surface area contributed by atoms with E-state index in [1.807, 2.05) is 0 Å². The second kappa shape index (κ2) is 42.1. The van der Waals surface area contributed by atoms with E-state index in [1.54, 1.807) is 334 Å². The van der Waals surface area contributed by atoms with Crippen LogP contribution >= 0.6 is 46.9 Å². The highest BCUT2D eigenvalue weighted by Crippen LogP contribution is 2.66. The average molecular weight is 1650 g/mol.